The van der Waals surface area contributed by atoms with Gasteiger partial charge >= 0.3 is 0 Å². The number of benzene rings is 1. The van der Waals surface area contributed by atoms with Crippen LogP contribution in [0.2, 0.25) is 10.0 Å². The molecule has 2 rings (SSSR count). The molecule has 0 aromatic heterocycles. The molecule has 9 heteroatoms. The van der Waals surface area contributed by atoms with Gasteiger partial charge in [-0.25, -0.2) is 12.8 Å². The second-order valence-electron chi connectivity index (χ2n) is 4.30. The molecule has 0 saturated carbocycles. The van der Waals surface area contributed by atoms with Crippen LogP contribution in [0.1, 0.15) is 23.2 Å². The lowest BCUT2D eigenvalue weighted by Gasteiger charge is -2.17. The van der Waals surface area contributed by atoms with E-state index in [2.05, 4.69) is 0 Å². The highest BCUT2D eigenvalue weighted by Crippen LogP contribution is 2.37. The summed E-state index contributed by atoms with van der Waals surface area (Å²) in [5.74, 6) is -1.59. The minimum atomic E-state index is -4.37. The van der Waals surface area contributed by atoms with Crippen molar-refractivity contribution in [3.8, 4) is 0 Å². The van der Waals surface area contributed by atoms with Crippen molar-refractivity contribution in [1.29, 1.82) is 0 Å². The van der Waals surface area contributed by atoms with E-state index in [1.807, 2.05) is 0 Å². The second kappa shape index (κ2) is 5.67. The van der Waals surface area contributed by atoms with E-state index in [4.69, 9.17) is 33.9 Å². The molecule has 1 aliphatic rings. The van der Waals surface area contributed by atoms with Crippen LogP contribution in [0.25, 0.3) is 0 Å². The van der Waals surface area contributed by atoms with Gasteiger partial charge in [0.15, 0.2) is 0 Å². The molecule has 0 aliphatic carbocycles. The third-order valence-electron chi connectivity index (χ3n) is 2.98. The lowest BCUT2D eigenvalue weighted by molar-refractivity contribution is 0.0792. The maximum atomic E-state index is 13.7. The van der Waals surface area contributed by atoms with Gasteiger partial charge in [-0.15, -0.1) is 0 Å². The highest BCUT2D eigenvalue weighted by Gasteiger charge is 2.30. The molecular weight excluding hydrogens is 352 g/mol. The Morgan fingerprint density at radius 1 is 1.20 bits per heavy atom. The SMILES string of the molecule is O=C(c1cc(F)c(Cl)c(S(=O)(=O)Cl)c1Cl)N1CCCC1. The summed E-state index contributed by atoms with van der Waals surface area (Å²) in [6.45, 7) is 1.03. The molecule has 4 nitrogen and oxygen atoms in total. The molecule has 20 heavy (non-hydrogen) atoms. The van der Waals surface area contributed by atoms with Gasteiger partial charge in [-0.05, 0) is 18.9 Å². The van der Waals surface area contributed by atoms with Gasteiger partial charge in [-0.1, -0.05) is 23.2 Å². The standard InChI is InChI=1S/C11H9Cl3FNO3S/c12-8-6(11(17)16-3-1-2-4-16)5-7(15)9(13)10(8)20(14,18)19/h5H,1-4H2. The predicted octanol–water partition coefficient (Wildman–Crippen LogP) is 3.30. The number of carbonyl (C=O) groups is 1. The fraction of sp³-hybridized carbons (Fsp3) is 0.364. The van der Waals surface area contributed by atoms with Crippen molar-refractivity contribution in [1.82, 2.24) is 4.90 Å². The van der Waals surface area contributed by atoms with E-state index in [1.54, 1.807) is 0 Å². The van der Waals surface area contributed by atoms with E-state index in [-0.39, 0.29) is 5.56 Å². The molecule has 1 aromatic rings. The first kappa shape index (κ1) is 15.8. The number of amides is 1. The lowest BCUT2D eigenvalue weighted by atomic mass is 10.2. The van der Waals surface area contributed by atoms with Crippen LogP contribution in [0.15, 0.2) is 11.0 Å². The summed E-state index contributed by atoms with van der Waals surface area (Å²) in [6.07, 6.45) is 1.67. The van der Waals surface area contributed by atoms with Gasteiger partial charge in [0.05, 0.1) is 15.6 Å². The first-order valence-corrected chi connectivity index (χ1v) is 8.71. The number of likely N-dealkylation sites (tertiary alicyclic amines) is 1. The zero-order valence-corrected chi connectivity index (χ0v) is 13.1. The molecular formula is C11H9Cl3FNO3S. The van der Waals surface area contributed by atoms with Crippen molar-refractivity contribution in [2.75, 3.05) is 13.1 Å². The van der Waals surface area contributed by atoms with Crippen LogP contribution in [0.5, 0.6) is 0 Å². The summed E-state index contributed by atoms with van der Waals surface area (Å²) in [5.41, 5.74) is -0.255. The smallest absolute Gasteiger partial charge is 0.264 e. The third kappa shape index (κ3) is 2.88. The molecule has 1 heterocycles. The highest BCUT2D eigenvalue weighted by molar-refractivity contribution is 8.14. The number of rotatable bonds is 2. The van der Waals surface area contributed by atoms with Crippen LogP contribution < -0.4 is 0 Å². The van der Waals surface area contributed by atoms with Gasteiger partial charge in [0.25, 0.3) is 15.0 Å². The van der Waals surface area contributed by atoms with Crippen LogP contribution in [-0.4, -0.2) is 32.3 Å². The molecule has 0 N–H and O–H groups in total. The summed E-state index contributed by atoms with van der Waals surface area (Å²) < 4.78 is 36.6. The van der Waals surface area contributed by atoms with E-state index in [9.17, 15) is 17.6 Å². The number of hydrogen-bond donors (Lipinski definition) is 0. The molecule has 1 amide bonds. The summed E-state index contributed by atoms with van der Waals surface area (Å²) in [4.78, 5) is 12.9. The molecule has 0 bridgehead atoms. The summed E-state index contributed by atoms with van der Waals surface area (Å²) >= 11 is 11.5. The van der Waals surface area contributed by atoms with E-state index >= 15 is 0 Å². The average molecular weight is 361 g/mol. The molecule has 1 aromatic carbocycles. The van der Waals surface area contributed by atoms with Gasteiger partial charge in [-0.3, -0.25) is 4.79 Å². The fourth-order valence-electron chi connectivity index (χ4n) is 2.04. The number of nitrogens with zero attached hydrogens (tertiary/aromatic N) is 1. The highest BCUT2D eigenvalue weighted by atomic mass is 35.7. The molecule has 0 radical (unpaired) electrons. The lowest BCUT2D eigenvalue weighted by Crippen LogP contribution is -2.28. The Morgan fingerprint density at radius 2 is 1.75 bits per heavy atom. The number of halogens is 4. The third-order valence-corrected chi connectivity index (χ3v) is 5.33. The molecule has 0 unspecified atom stereocenters. The van der Waals surface area contributed by atoms with Gasteiger partial charge in [0.2, 0.25) is 0 Å². The molecule has 1 saturated heterocycles. The van der Waals surface area contributed by atoms with Crippen LogP contribution >= 0.6 is 33.9 Å². The molecule has 0 spiro atoms. The van der Waals surface area contributed by atoms with Crippen molar-refractivity contribution in [2.45, 2.75) is 17.7 Å². The molecule has 1 aliphatic heterocycles. The number of hydrogen-bond acceptors (Lipinski definition) is 3. The Morgan fingerprint density at radius 3 is 2.25 bits per heavy atom. The zero-order valence-electron chi connectivity index (χ0n) is 10.00. The predicted molar refractivity (Wildman–Crippen MR) is 74.6 cm³/mol. The zero-order chi connectivity index (χ0) is 15.1. The topological polar surface area (TPSA) is 54.5 Å². The number of carbonyl (C=O) groups excluding carboxylic acids is 1. The largest absolute Gasteiger partial charge is 0.339 e. The normalized spacial score (nSPS) is 15.7. The summed E-state index contributed by atoms with van der Waals surface area (Å²) in [5, 5.41) is -1.17. The minimum absolute atomic E-state index is 0.255. The van der Waals surface area contributed by atoms with Crippen LogP contribution in [0.4, 0.5) is 4.39 Å². The van der Waals surface area contributed by atoms with Crippen LogP contribution in [0.3, 0.4) is 0 Å². The van der Waals surface area contributed by atoms with Crippen molar-refractivity contribution < 1.29 is 17.6 Å². The maximum Gasteiger partial charge on any atom is 0.264 e. The summed E-state index contributed by atoms with van der Waals surface area (Å²) in [7, 11) is 0.821. The molecule has 0 atom stereocenters. The Bertz CT molecular complexity index is 672. The maximum absolute atomic E-state index is 13.7. The summed E-state index contributed by atoms with van der Waals surface area (Å²) in [6, 6.07) is 0.830. The van der Waals surface area contributed by atoms with Crippen molar-refractivity contribution >= 4 is 48.8 Å². The van der Waals surface area contributed by atoms with E-state index in [1.165, 1.54) is 4.90 Å². The van der Waals surface area contributed by atoms with E-state index < -0.39 is 35.7 Å². The first-order chi connectivity index (χ1) is 9.23. The Hall–Kier alpha value is -0.560. The van der Waals surface area contributed by atoms with E-state index in [0.29, 0.717) is 13.1 Å². The Balaban J connectivity index is 2.60. The quantitative estimate of drug-likeness (QED) is 0.601. The van der Waals surface area contributed by atoms with Crippen molar-refractivity contribution in [2.24, 2.45) is 0 Å². The van der Waals surface area contributed by atoms with Crippen molar-refractivity contribution in [3.63, 3.8) is 0 Å². The fourth-order valence-corrected chi connectivity index (χ4v) is 4.41. The Kier molecular flexibility index (Phi) is 4.49. The van der Waals surface area contributed by atoms with Crippen molar-refractivity contribution in [3.05, 3.63) is 27.5 Å². The monoisotopic (exact) mass is 359 g/mol. The molecule has 1 fully saturated rings. The Labute approximate surface area is 129 Å². The average Bonchev–Trinajstić information content (AvgIpc) is 2.85. The van der Waals surface area contributed by atoms with Gasteiger partial charge in [-0.2, -0.15) is 0 Å². The minimum Gasteiger partial charge on any atom is -0.339 e. The molecule has 110 valence electrons. The second-order valence-corrected chi connectivity index (χ2v) is 7.56. The first-order valence-electron chi connectivity index (χ1n) is 5.65. The van der Waals surface area contributed by atoms with Gasteiger partial charge in [0.1, 0.15) is 10.7 Å². The van der Waals surface area contributed by atoms with Crippen LogP contribution in [-0.2, 0) is 9.05 Å². The van der Waals surface area contributed by atoms with Crippen LogP contribution in [0, 0.1) is 5.82 Å². The van der Waals surface area contributed by atoms with Gasteiger partial charge in [0, 0.05) is 23.8 Å². The van der Waals surface area contributed by atoms with Gasteiger partial charge < -0.3 is 4.90 Å². The van der Waals surface area contributed by atoms with E-state index in [0.717, 1.165) is 18.9 Å².